The van der Waals surface area contributed by atoms with Crippen molar-refractivity contribution in [2.75, 3.05) is 0 Å². The van der Waals surface area contributed by atoms with Crippen molar-refractivity contribution in [2.45, 2.75) is 13.0 Å². The molecular formula is C12H11Br2NO. The predicted molar refractivity (Wildman–Crippen MR) is 72.1 cm³/mol. The number of halogens is 2. The van der Waals surface area contributed by atoms with Gasteiger partial charge in [-0.3, -0.25) is 0 Å². The van der Waals surface area contributed by atoms with Crippen LogP contribution in [0.1, 0.15) is 18.7 Å². The van der Waals surface area contributed by atoms with E-state index in [2.05, 4.69) is 31.9 Å². The summed E-state index contributed by atoms with van der Waals surface area (Å²) in [5, 5.41) is 0. The number of furan rings is 1. The average Bonchev–Trinajstić information content (AvgIpc) is 2.66. The van der Waals surface area contributed by atoms with Gasteiger partial charge in [0.1, 0.15) is 11.5 Å². The standard InChI is InChI=1S/C12H11Br2NO/c1-7(15)11-4-5-12(16-11)9-3-2-8(13)6-10(9)14/h2-7H,15H2,1H3. The molecule has 1 atom stereocenters. The van der Waals surface area contributed by atoms with E-state index in [0.717, 1.165) is 26.0 Å². The summed E-state index contributed by atoms with van der Waals surface area (Å²) in [5.74, 6) is 1.62. The summed E-state index contributed by atoms with van der Waals surface area (Å²) in [4.78, 5) is 0. The van der Waals surface area contributed by atoms with Gasteiger partial charge in [-0.25, -0.2) is 0 Å². The van der Waals surface area contributed by atoms with Crippen LogP contribution < -0.4 is 5.73 Å². The second-order valence-corrected chi connectivity index (χ2v) is 5.38. The third-order valence-corrected chi connectivity index (χ3v) is 3.42. The summed E-state index contributed by atoms with van der Waals surface area (Å²) >= 11 is 6.93. The van der Waals surface area contributed by atoms with Crippen LogP contribution in [0.25, 0.3) is 11.3 Å². The molecule has 2 rings (SSSR count). The molecule has 4 heteroatoms. The van der Waals surface area contributed by atoms with E-state index in [1.807, 2.05) is 37.3 Å². The molecule has 1 unspecified atom stereocenters. The van der Waals surface area contributed by atoms with Gasteiger partial charge in [0.05, 0.1) is 6.04 Å². The molecule has 16 heavy (non-hydrogen) atoms. The first-order chi connectivity index (χ1) is 7.58. The highest BCUT2D eigenvalue weighted by molar-refractivity contribution is 9.11. The van der Waals surface area contributed by atoms with Crippen molar-refractivity contribution in [2.24, 2.45) is 5.73 Å². The van der Waals surface area contributed by atoms with Crippen LogP contribution in [0.2, 0.25) is 0 Å². The van der Waals surface area contributed by atoms with Gasteiger partial charge in [0.15, 0.2) is 0 Å². The quantitative estimate of drug-likeness (QED) is 0.871. The van der Waals surface area contributed by atoms with E-state index >= 15 is 0 Å². The highest BCUT2D eigenvalue weighted by Gasteiger charge is 2.10. The Balaban J connectivity index is 2.42. The van der Waals surface area contributed by atoms with Gasteiger partial charge in [-0.1, -0.05) is 15.9 Å². The van der Waals surface area contributed by atoms with Crippen molar-refractivity contribution in [3.8, 4) is 11.3 Å². The Morgan fingerprint density at radius 3 is 2.50 bits per heavy atom. The zero-order valence-corrected chi connectivity index (χ0v) is 11.9. The Morgan fingerprint density at radius 1 is 1.19 bits per heavy atom. The summed E-state index contributed by atoms with van der Waals surface area (Å²) in [6.45, 7) is 1.90. The molecule has 0 saturated carbocycles. The molecule has 0 aliphatic carbocycles. The summed E-state index contributed by atoms with van der Waals surface area (Å²) in [6, 6.07) is 9.74. The molecule has 2 N–H and O–H groups in total. The van der Waals surface area contributed by atoms with E-state index in [1.54, 1.807) is 0 Å². The van der Waals surface area contributed by atoms with Gasteiger partial charge in [0, 0.05) is 14.5 Å². The number of hydrogen-bond acceptors (Lipinski definition) is 2. The normalized spacial score (nSPS) is 12.8. The Hall–Kier alpha value is -0.580. The second kappa shape index (κ2) is 4.73. The molecule has 0 aliphatic heterocycles. The number of rotatable bonds is 2. The van der Waals surface area contributed by atoms with Crippen LogP contribution >= 0.6 is 31.9 Å². The molecule has 0 radical (unpaired) electrons. The maximum atomic E-state index is 5.75. The SMILES string of the molecule is CC(N)c1ccc(-c2ccc(Br)cc2Br)o1. The number of benzene rings is 1. The van der Waals surface area contributed by atoms with Gasteiger partial charge in [0.25, 0.3) is 0 Å². The van der Waals surface area contributed by atoms with Gasteiger partial charge >= 0.3 is 0 Å². The molecule has 2 nitrogen and oxygen atoms in total. The summed E-state index contributed by atoms with van der Waals surface area (Å²) in [5.41, 5.74) is 6.78. The summed E-state index contributed by atoms with van der Waals surface area (Å²) in [6.07, 6.45) is 0. The average molecular weight is 345 g/mol. The molecular weight excluding hydrogens is 334 g/mol. The molecule has 1 aromatic heterocycles. The Labute approximate surface area is 111 Å². The first-order valence-electron chi connectivity index (χ1n) is 4.88. The molecule has 0 fully saturated rings. The molecule has 0 saturated heterocycles. The molecule has 0 aliphatic rings. The highest BCUT2D eigenvalue weighted by atomic mass is 79.9. The van der Waals surface area contributed by atoms with Crippen LogP contribution in [-0.4, -0.2) is 0 Å². The fourth-order valence-electron chi connectivity index (χ4n) is 1.43. The molecule has 0 amide bonds. The molecule has 2 aromatic rings. The summed E-state index contributed by atoms with van der Waals surface area (Å²) in [7, 11) is 0. The van der Waals surface area contributed by atoms with Gasteiger partial charge in [-0.15, -0.1) is 0 Å². The van der Waals surface area contributed by atoms with Crippen molar-refractivity contribution in [3.63, 3.8) is 0 Å². The molecule has 84 valence electrons. The van der Waals surface area contributed by atoms with E-state index in [0.29, 0.717) is 0 Å². The van der Waals surface area contributed by atoms with Crippen LogP contribution in [0.3, 0.4) is 0 Å². The van der Waals surface area contributed by atoms with E-state index in [1.165, 1.54) is 0 Å². The first-order valence-corrected chi connectivity index (χ1v) is 6.47. The molecule has 0 spiro atoms. The van der Waals surface area contributed by atoms with Crippen molar-refractivity contribution >= 4 is 31.9 Å². The zero-order chi connectivity index (χ0) is 11.7. The maximum Gasteiger partial charge on any atom is 0.135 e. The monoisotopic (exact) mass is 343 g/mol. The lowest BCUT2D eigenvalue weighted by Crippen LogP contribution is -2.02. The lowest BCUT2D eigenvalue weighted by Gasteiger charge is -2.03. The minimum absolute atomic E-state index is 0.0806. The minimum Gasteiger partial charge on any atom is -0.459 e. The van der Waals surface area contributed by atoms with Crippen LogP contribution in [0, 0.1) is 0 Å². The fraction of sp³-hybridized carbons (Fsp3) is 0.167. The highest BCUT2D eigenvalue weighted by Crippen LogP contribution is 2.32. The topological polar surface area (TPSA) is 39.2 Å². The van der Waals surface area contributed by atoms with Gasteiger partial charge in [0.2, 0.25) is 0 Å². The van der Waals surface area contributed by atoms with Crippen LogP contribution in [-0.2, 0) is 0 Å². The third-order valence-electron chi connectivity index (χ3n) is 2.27. The Bertz CT molecular complexity index is 505. The largest absolute Gasteiger partial charge is 0.459 e. The first kappa shape index (κ1) is 11.9. The molecule has 1 heterocycles. The van der Waals surface area contributed by atoms with Gasteiger partial charge in [-0.2, -0.15) is 0 Å². The van der Waals surface area contributed by atoms with Crippen molar-refractivity contribution in [1.82, 2.24) is 0 Å². The maximum absolute atomic E-state index is 5.75. The Kier molecular flexibility index (Phi) is 3.52. The lowest BCUT2D eigenvalue weighted by molar-refractivity contribution is 0.491. The van der Waals surface area contributed by atoms with Crippen molar-refractivity contribution < 1.29 is 4.42 Å². The van der Waals surface area contributed by atoms with E-state index in [9.17, 15) is 0 Å². The summed E-state index contributed by atoms with van der Waals surface area (Å²) < 4.78 is 7.70. The minimum atomic E-state index is -0.0806. The molecule has 0 bridgehead atoms. The zero-order valence-electron chi connectivity index (χ0n) is 8.71. The van der Waals surface area contributed by atoms with Crippen LogP contribution in [0.15, 0.2) is 43.7 Å². The predicted octanol–water partition coefficient (Wildman–Crippen LogP) is 4.49. The van der Waals surface area contributed by atoms with Crippen LogP contribution in [0.5, 0.6) is 0 Å². The number of nitrogens with two attached hydrogens (primary N) is 1. The van der Waals surface area contributed by atoms with Crippen LogP contribution in [0.4, 0.5) is 0 Å². The van der Waals surface area contributed by atoms with Gasteiger partial charge in [-0.05, 0) is 53.2 Å². The van der Waals surface area contributed by atoms with E-state index < -0.39 is 0 Å². The van der Waals surface area contributed by atoms with E-state index in [-0.39, 0.29) is 6.04 Å². The molecule has 1 aromatic carbocycles. The van der Waals surface area contributed by atoms with Crippen molar-refractivity contribution in [1.29, 1.82) is 0 Å². The smallest absolute Gasteiger partial charge is 0.135 e. The van der Waals surface area contributed by atoms with Gasteiger partial charge < -0.3 is 10.2 Å². The third kappa shape index (κ3) is 2.39. The number of hydrogen-bond donors (Lipinski definition) is 1. The van der Waals surface area contributed by atoms with Crippen molar-refractivity contribution in [3.05, 3.63) is 45.0 Å². The Morgan fingerprint density at radius 2 is 1.94 bits per heavy atom. The second-order valence-electron chi connectivity index (χ2n) is 3.61. The fourth-order valence-corrected chi connectivity index (χ4v) is 2.67. The lowest BCUT2D eigenvalue weighted by atomic mass is 10.2. The van der Waals surface area contributed by atoms with E-state index in [4.69, 9.17) is 10.2 Å².